The van der Waals surface area contributed by atoms with Crippen LogP contribution in [0.1, 0.15) is 30.3 Å². The van der Waals surface area contributed by atoms with Gasteiger partial charge in [-0.3, -0.25) is 0 Å². The van der Waals surface area contributed by atoms with E-state index >= 15 is 0 Å². The Labute approximate surface area is 111 Å². The second kappa shape index (κ2) is 6.70. The van der Waals surface area contributed by atoms with Crippen molar-refractivity contribution < 1.29 is 14.3 Å². The number of esters is 1. The Bertz CT molecular complexity index is 390. The van der Waals surface area contributed by atoms with E-state index in [-0.39, 0.29) is 5.97 Å². The summed E-state index contributed by atoms with van der Waals surface area (Å²) in [6.07, 6.45) is 2.60. The van der Waals surface area contributed by atoms with Crippen molar-refractivity contribution in [2.24, 2.45) is 5.92 Å². The number of hydrogen-bond donors (Lipinski definition) is 1. The number of thiazole rings is 1. The van der Waals surface area contributed by atoms with Crippen LogP contribution in [0.5, 0.6) is 0 Å². The predicted molar refractivity (Wildman–Crippen MR) is 70.1 cm³/mol. The molecule has 1 aromatic rings. The maximum absolute atomic E-state index is 11.6. The molecular formula is C12H18N2O3S. The smallest absolute Gasteiger partial charge is 0.360 e. The van der Waals surface area contributed by atoms with E-state index in [9.17, 15) is 4.79 Å². The van der Waals surface area contributed by atoms with Crippen molar-refractivity contribution in [3.8, 4) is 0 Å². The van der Waals surface area contributed by atoms with Gasteiger partial charge in [0.15, 0.2) is 5.69 Å². The number of ether oxygens (including phenoxy) is 2. The maximum Gasteiger partial charge on any atom is 0.360 e. The molecule has 0 amide bonds. The molecule has 0 radical (unpaired) electrons. The normalized spacial score (nSPS) is 14.5. The number of rotatable bonds is 8. The average Bonchev–Trinajstić information content (AvgIpc) is 3.06. The fourth-order valence-electron chi connectivity index (χ4n) is 1.49. The van der Waals surface area contributed by atoms with Gasteiger partial charge in [-0.05, 0) is 25.7 Å². The summed E-state index contributed by atoms with van der Waals surface area (Å²) < 4.78 is 10.4. The van der Waals surface area contributed by atoms with Gasteiger partial charge in [-0.25, -0.2) is 9.78 Å². The van der Waals surface area contributed by atoms with Crippen molar-refractivity contribution in [2.45, 2.75) is 19.8 Å². The van der Waals surface area contributed by atoms with Crippen LogP contribution in [0.2, 0.25) is 0 Å². The van der Waals surface area contributed by atoms with E-state index in [4.69, 9.17) is 9.47 Å². The third kappa shape index (κ3) is 3.96. The standard InChI is InChI=1S/C12H18N2O3S/c1-2-17-12(15)10-11(18-8-14-10)13-5-6-16-7-9-3-4-9/h8-9,13H,2-7H2,1H3. The average molecular weight is 270 g/mol. The molecule has 0 saturated heterocycles. The second-order valence-corrected chi connectivity index (χ2v) is 5.05. The van der Waals surface area contributed by atoms with Gasteiger partial charge in [0.2, 0.25) is 0 Å². The lowest BCUT2D eigenvalue weighted by Gasteiger charge is -2.06. The third-order valence-corrected chi connectivity index (χ3v) is 3.40. The summed E-state index contributed by atoms with van der Waals surface area (Å²) in [7, 11) is 0. The van der Waals surface area contributed by atoms with Crippen LogP contribution in [-0.2, 0) is 9.47 Å². The van der Waals surface area contributed by atoms with E-state index in [0.717, 1.165) is 17.5 Å². The summed E-state index contributed by atoms with van der Waals surface area (Å²) in [4.78, 5) is 15.6. The molecule has 6 heteroatoms. The molecule has 0 spiro atoms. The molecule has 1 saturated carbocycles. The van der Waals surface area contributed by atoms with Crippen molar-refractivity contribution in [3.05, 3.63) is 11.2 Å². The van der Waals surface area contributed by atoms with E-state index in [0.29, 0.717) is 25.5 Å². The van der Waals surface area contributed by atoms with Gasteiger partial charge >= 0.3 is 5.97 Å². The minimum Gasteiger partial charge on any atom is -0.461 e. The highest BCUT2D eigenvalue weighted by Gasteiger charge is 2.21. The fourth-order valence-corrected chi connectivity index (χ4v) is 2.18. The molecule has 0 bridgehead atoms. The van der Waals surface area contributed by atoms with Crippen molar-refractivity contribution in [1.29, 1.82) is 0 Å². The van der Waals surface area contributed by atoms with Gasteiger partial charge in [0.25, 0.3) is 0 Å². The monoisotopic (exact) mass is 270 g/mol. The minimum absolute atomic E-state index is 0.361. The molecule has 1 aromatic heterocycles. The summed E-state index contributed by atoms with van der Waals surface area (Å²) in [5.74, 6) is 0.406. The Morgan fingerprint density at radius 3 is 3.17 bits per heavy atom. The molecule has 0 unspecified atom stereocenters. The molecule has 1 aliphatic rings. The molecule has 1 heterocycles. The number of hydrogen-bond acceptors (Lipinski definition) is 6. The maximum atomic E-state index is 11.6. The molecule has 1 fully saturated rings. The first kappa shape index (κ1) is 13.3. The zero-order valence-electron chi connectivity index (χ0n) is 10.5. The number of nitrogens with zero attached hydrogens (tertiary/aromatic N) is 1. The third-order valence-electron chi connectivity index (χ3n) is 2.62. The van der Waals surface area contributed by atoms with Crippen LogP contribution in [0.3, 0.4) is 0 Å². The van der Waals surface area contributed by atoms with Crippen molar-refractivity contribution in [1.82, 2.24) is 4.98 Å². The number of carbonyl (C=O) groups excluding carboxylic acids is 1. The van der Waals surface area contributed by atoms with Gasteiger partial charge in [0.1, 0.15) is 5.00 Å². The number of carbonyl (C=O) groups is 1. The van der Waals surface area contributed by atoms with Crippen LogP contribution >= 0.6 is 11.3 Å². The molecule has 1 aliphatic carbocycles. The van der Waals surface area contributed by atoms with Gasteiger partial charge in [-0.1, -0.05) is 0 Å². The lowest BCUT2D eigenvalue weighted by atomic mass is 10.4. The number of anilines is 1. The number of nitrogens with one attached hydrogen (secondary N) is 1. The van der Waals surface area contributed by atoms with Crippen LogP contribution in [-0.4, -0.2) is 37.3 Å². The fraction of sp³-hybridized carbons (Fsp3) is 0.667. The minimum atomic E-state index is -0.375. The molecule has 100 valence electrons. The quantitative estimate of drug-likeness (QED) is 0.579. The summed E-state index contributed by atoms with van der Waals surface area (Å²) in [6.45, 7) is 4.33. The first-order valence-corrected chi connectivity index (χ1v) is 7.11. The lowest BCUT2D eigenvalue weighted by molar-refractivity contribution is 0.0521. The summed E-state index contributed by atoms with van der Waals surface area (Å²) in [6, 6.07) is 0. The molecule has 18 heavy (non-hydrogen) atoms. The Kier molecular flexibility index (Phi) is 4.95. The largest absolute Gasteiger partial charge is 0.461 e. The molecule has 0 aliphatic heterocycles. The van der Waals surface area contributed by atoms with Gasteiger partial charge < -0.3 is 14.8 Å². The zero-order valence-corrected chi connectivity index (χ0v) is 11.3. The van der Waals surface area contributed by atoms with Crippen molar-refractivity contribution >= 4 is 22.3 Å². The highest BCUT2D eigenvalue weighted by atomic mass is 32.1. The molecule has 1 N–H and O–H groups in total. The molecule has 0 atom stereocenters. The summed E-state index contributed by atoms with van der Waals surface area (Å²) in [5.41, 5.74) is 2.00. The van der Waals surface area contributed by atoms with Gasteiger partial charge in [0.05, 0.1) is 18.7 Å². The van der Waals surface area contributed by atoms with E-state index in [2.05, 4.69) is 10.3 Å². The van der Waals surface area contributed by atoms with E-state index in [1.54, 1.807) is 12.4 Å². The van der Waals surface area contributed by atoms with Crippen LogP contribution in [0, 0.1) is 5.92 Å². The van der Waals surface area contributed by atoms with Crippen LogP contribution in [0.4, 0.5) is 5.00 Å². The highest BCUT2D eigenvalue weighted by Crippen LogP contribution is 2.28. The molecule has 5 nitrogen and oxygen atoms in total. The number of aromatic nitrogens is 1. The van der Waals surface area contributed by atoms with Gasteiger partial charge in [-0.15, -0.1) is 11.3 Å². The first-order chi connectivity index (χ1) is 8.81. The Balaban J connectivity index is 1.70. The summed E-state index contributed by atoms with van der Waals surface area (Å²) in [5, 5.41) is 3.91. The summed E-state index contributed by atoms with van der Waals surface area (Å²) >= 11 is 1.40. The molecular weight excluding hydrogens is 252 g/mol. The molecule has 2 rings (SSSR count). The Morgan fingerprint density at radius 2 is 2.44 bits per heavy atom. The van der Waals surface area contributed by atoms with Crippen molar-refractivity contribution in [2.75, 3.05) is 31.7 Å². The SMILES string of the molecule is CCOC(=O)c1ncsc1NCCOCC1CC1. The second-order valence-electron chi connectivity index (χ2n) is 4.20. The van der Waals surface area contributed by atoms with Crippen LogP contribution in [0.25, 0.3) is 0 Å². The Morgan fingerprint density at radius 1 is 1.61 bits per heavy atom. The first-order valence-electron chi connectivity index (χ1n) is 6.23. The molecule has 0 aromatic carbocycles. The lowest BCUT2D eigenvalue weighted by Crippen LogP contribution is -2.13. The zero-order chi connectivity index (χ0) is 12.8. The van der Waals surface area contributed by atoms with E-state index < -0.39 is 0 Å². The highest BCUT2D eigenvalue weighted by molar-refractivity contribution is 7.14. The Hall–Kier alpha value is -1.14. The van der Waals surface area contributed by atoms with E-state index in [1.807, 2.05) is 0 Å². The van der Waals surface area contributed by atoms with Crippen molar-refractivity contribution in [3.63, 3.8) is 0 Å². The van der Waals surface area contributed by atoms with Gasteiger partial charge in [0, 0.05) is 13.2 Å². The topological polar surface area (TPSA) is 60.5 Å². The van der Waals surface area contributed by atoms with E-state index in [1.165, 1.54) is 24.2 Å². The van der Waals surface area contributed by atoms with Crippen LogP contribution in [0.15, 0.2) is 5.51 Å². The van der Waals surface area contributed by atoms with Crippen LogP contribution < -0.4 is 5.32 Å². The predicted octanol–water partition coefficient (Wildman–Crippen LogP) is 2.16. The van der Waals surface area contributed by atoms with Gasteiger partial charge in [-0.2, -0.15) is 0 Å².